The number of rotatable bonds is 10. The maximum Gasteiger partial charge on any atom is 0.328 e. The van der Waals surface area contributed by atoms with Crippen LogP contribution < -0.4 is 16.4 Å². The molecule has 0 aliphatic heterocycles. The highest BCUT2D eigenvalue weighted by Gasteiger charge is 2.29. The van der Waals surface area contributed by atoms with Crippen molar-refractivity contribution in [3.63, 3.8) is 0 Å². The third-order valence-corrected chi connectivity index (χ3v) is 4.26. The quantitative estimate of drug-likeness (QED) is 0.249. The monoisotopic (exact) mass is 406 g/mol. The van der Waals surface area contributed by atoms with Crippen LogP contribution in [0, 0.1) is 0 Å². The molecule has 0 radical (unpaired) electrons. The van der Waals surface area contributed by atoms with Gasteiger partial charge < -0.3 is 36.7 Å². The van der Waals surface area contributed by atoms with E-state index in [1.54, 1.807) is 12.3 Å². The van der Waals surface area contributed by atoms with Crippen molar-refractivity contribution >= 4 is 34.7 Å². The van der Waals surface area contributed by atoms with Gasteiger partial charge in [0, 0.05) is 23.5 Å². The molecular formula is C18H22N4O7. The van der Waals surface area contributed by atoms with Crippen LogP contribution in [0.1, 0.15) is 12.0 Å². The van der Waals surface area contributed by atoms with E-state index in [2.05, 4.69) is 15.6 Å². The van der Waals surface area contributed by atoms with Crippen LogP contribution in [0.5, 0.6) is 0 Å². The molecule has 2 aromatic rings. The summed E-state index contributed by atoms with van der Waals surface area (Å²) in [5.74, 6) is -4.45. The number of H-pyrrole nitrogens is 1. The van der Waals surface area contributed by atoms with Crippen LogP contribution in [0.4, 0.5) is 0 Å². The van der Waals surface area contributed by atoms with E-state index in [-0.39, 0.29) is 6.42 Å². The predicted octanol–water partition coefficient (Wildman–Crippen LogP) is -1.44. The average molecular weight is 406 g/mol. The summed E-state index contributed by atoms with van der Waals surface area (Å²) in [6.07, 6.45) is 0.996. The molecule has 1 heterocycles. The Labute approximate surface area is 164 Å². The van der Waals surface area contributed by atoms with Crippen LogP contribution >= 0.6 is 0 Å². The number of fused-ring (bicyclic) bond motifs is 1. The van der Waals surface area contributed by atoms with Gasteiger partial charge in [-0.15, -0.1) is 0 Å². The standard InChI is InChI=1S/C18H22N4O7/c19-11(6-15(24)25)16(26)21-13(17(27)22-14(8-23)18(28)29)5-9-7-20-12-4-2-1-3-10(9)12/h1-4,7,11,13-14,20,23H,5-6,8,19H2,(H,21,26)(H,22,27)(H,24,25)(H,28,29). The fourth-order valence-corrected chi connectivity index (χ4v) is 2.75. The predicted molar refractivity (Wildman–Crippen MR) is 101 cm³/mol. The van der Waals surface area contributed by atoms with E-state index in [0.717, 1.165) is 10.9 Å². The zero-order valence-electron chi connectivity index (χ0n) is 15.3. The zero-order chi connectivity index (χ0) is 21.6. The van der Waals surface area contributed by atoms with Gasteiger partial charge in [-0.2, -0.15) is 0 Å². The number of benzene rings is 1. The van der Waals surface area contributed by atoms with Gasteiger partial charge in [-0.25, -0.2) is 4.79 Å². The number of para-hydroxylation sites is 1. The van der Waals surface area contributed by atoms with Gasteiger partial charge in [0.25, 0.3) is 0 Å². The van der Waals surface area contributed by atoms with Crippen molar-refractivity contribution in [2.24, 2.45) is 5.73 Å². The van der Waals surface area contributed by atoms with Gasteiger partial charge in [0.05, 0.1) is 19.1 Å². The van der Waals surface area contributed by atoms with E-state index < -0.39 is 54.9 Å². The van der Waals surface area contributed by atoms with Crippen LogP contribution in [-0.4, -0.2) is 68.8 Å². The SMILES string of the molecule is NC(CC(=O)O)C(=O)NC(Cc1c[nH]c2ccccc12)C(=O)NC(CO)C(=O)O. The number of nitrogens with two attached hydrogens (primary N) is 1. The fourth-order valence-electron chi connectivity index (χ4n) is 2.75. The lowest BCUT2D eigenvalue weighted by molar-refractivity contribution is -0.143. The van der Waals surface area contributed by atoms with Crippen molar-refractivity contribution in [1.82, 2.24) is 15.6 Å². The topological polar surface area (TPSA) is 195 Å². The number of carboxylic acid groups (broad SMARTS) is 2. The molecule has 8 N–H and O–H groups in total. The zero-order valence-corrected chi connectivity index (χ0v) is 15.3. The Morgan fingerprint density at radius 2 is 1.69 bits per heavy atom. The highest BCUT2D eigenvalue weighted by molar-refractivity contribution is 5.93. The van der Waals surface area contributed by atoms with E-state index in [9.17, 15) is 19.2 Å². The van der Waals surface area contributed by atoms with Crippen molar-refractivity contribution < 1.29 is 34.5 Å². The number of nitrogens with one attached hydrogen (secondary N) is 3. The molecule has 1 aromatic carbocycles. The molecule has 11 nitrogen and oxygen atoms in total. The molecular weight excluding hydrogens is 384 g/mol. The number of aromatic nitrogens is 1. The Hall–Kier alpha value is -3.44. The van der Waals surface area contributed by atoms with Crippen molar-refractivity contribution in [2.45, 2.75) is 31.0 Å². The molecule has 156 valence electrons. The average Bonchev–Trinajstić information content (AvgIpc) is 3.07. The number of aromatic amines is 1. The summed E-state index contributed by atoms with van der Waals surface area (Å²) in [5, 5.41) is 32.2. The van der Waals surface area contributed by atoms with Gasteiger partial charge in [0.2, 0.25) is 11.8 Å². The van der Waals surface area contributed by atoms with E-state index in [0.29, 0.717) is 5.56 Å². The minimum absolute atomic E-state index is 0.0147. The van der Waals surface area contributed by atoms with Gasteiger partial charge in [-0.05, 0) is 11.6 Å². The van der Waals surface area contributed by atoms with Crippen LogP contribution in [-0.2, 0) is 25.6 Å². The number of carboxylic acids is 2. The molecule has 1 aromatic heterocycles. The van der Waals surface area contributed by atoms with E-state index in [4.69, 9.17) is 21.1 Å². The van der Waals surface area contributed by atoms with Crippen molar-refractivity contribution in [2.75, 3.05) is 6.61 Å². The second kappa shape index (κ2) is 9.66. The molecule has 2 rings (SSSR count). The molecule has 0 saturated carbocycles. The summed E-state index contributed by atoms with van der Waals surface area (Å²) < 4.78 is 0. The lowest BCUT2D eigenvalue weighted by Gasteiger charge is -2.22. The Bertz CT molecular complexity index is 911. The normalized spacial score (nSPS) is 14.0. The van der Waals surface area contributed by atoms with Gasteiger partial charge in [-0.1, -0.05) is 18.2 Å². The second-order valence-electron chi connectivity index (χ2n) is 6.41. The number of carbonyl (C=O) groups excluding carboxylic acids is 2. The fraction of sp³-hybridized carbons (Fsp3) is 0.333. The van der Waals surface area contributed by atoms with Crippen LogP contribution in [0.15, 0.2) is 30.5 Å². The maximum absolute atomic E-state index is 12.6. The molecule has 0 saturated heterocycles. The Morgan fingerprint density at radius 1 is 1.03 bits per heavy atom. The maximum atomic E-state index is 12.6. The first-order valence-corrected chi connectivity index (χ1v) is 8.69. The smallest absolute Gasteiger partial charge is 0.328 e. The highest BCUT2D eigenvalue weighted by atomic mass is 16.4. The lowest BCUT2D eigenvalue weighted by Crippen LogP contribution is -2.56. The summed E-state index contributed by atoms with van der Waals surface area (Å²) in [6.45, 7) is -0.840. The van der Waals surface area contributed by atoms with Crippen molar-refractivity contribution in [1.29, 1.82) is 0 Å². The molecule has 0 fully saturated rings. The molecule has 0 spiro atoms. The Kier molecular flexibility index (Phi) is 7.28. The molecule has 3 atom stereocenters. The molecule has 0 aliphatic carbocycles. The second-order valence-corrected chi connectivity index (χ2v) is 6.41. The lowest BCUT2D eigenvalue weighted by atomic mass is 10.0. The summed E-state index contributed by atoms with van der Waals surface area (Å²) in [5.41, 5.74) is 7.01. The molecule has 29 heavy (non-hydrogen) atoms. The minimum Gasteiger partial charge on any atom is -0.481 e. The number of carbonyl (C=O) groups is 4. The van der Waals surface area contributed by atoms with E-state index in [1.807, 2.05) is 18.2 Å². The van der Waals surface area contributed by atoms with E-state index in [1.165, 1.54) is 0 Å². The number of aliphatic hydroxyl groups is 1. The molecule has 3 unspecified atom stereocenters. The van der Waals surface area contributed by atoms with Crippen LogP contribution in [0.3, 0.4) is 0 Å². The first kappa shape index (κ1) is 21.9. The van der Waals surface area contributed by atoms with Crippen molar-refractivity contribution in [3.8, 4) is 0 Å². The summed E-state index contributed by atoms with van der Waals surface area (Å²) in [6, 6.07) is 3.05. The first-order valence-electron chi connectivity index (χ1n) is 8.69. The number of hydrogen-bond donors (Lipinski definition) is 7. The Balaban J connectivity index is 2.24. The van der Waals surface area contributed by atoms with Gasteiger partial charge in [-0.3, -0.25) is 14.4 Å². The minimum atomic E-state index is -1.56. The Morgan fingerprint density at radius 3 is 2.31 bits per heavy atom. The molecule has 0 bridgehead atoms. The van der Waals surface area contributed by atoms with E-state index >= 15 is 0 Å². The number of amides is 2. The molecule has 2 amide bonds. The largest absolute Gasteiger partial charge is 0.481 e. The van der Waals surface area contributed by atoms with Gasteiger partial charge in [0.15, 0.2) is 0 Å². The highest BCUT2D eigenvalue weighted by Crippen LogP contribution is 2.19. The number of aliphatic hydroxyl groups excluding tert-OH is 1. The van der Waals surface area contributed by atoms with Gasteiger partial charge in [0.1, 0.15) is 12.1 Å². The first-order chi connectivity index (χ1) is 13.7. The number of aliphatic carboxylic acids is 2. The van der Waals surface area contributed by atoms with Gasteiger partial charge >= 0.3 is 11.9 Å². The molecule has 0 aliphatic rings. The van der Waals surface area contributed by atoms with Crippen LogP contribution in [0.25, 0.3) is 10.9 Å². The summed E-state index contributed by atoms with van der Waals surface area (Å²) >= 11 is 0. The third kappa shape index (κ3) is 5.77. The summed E-state index contributed by atoms with van der Waals surface area (Å²) in [7, 11) is 0. The summed E-state index contributed by atoms with van der Waals surface area (Å²) in [4.78, 5) is 49.7. The van der Waals surface area contributed by atoms with Crippen molar-refractivity contribution in [3.05, 3.63) is 36.0 Å². The third-order valence-electron chi connectivity index (χ3n) is 4.26. The van der Waals surface area contributed by atoms with Crippen LogP contribution in [0.2, 0.25) is 0 Å². The number of hydrogen-bond acceptors (Lipinski definition) is 6. The molecule has 11 heteroatoms.